The number of hydrogen-bond acceptors (Lipinski definition) is 6. The Labute approximate surface area is 503 Å². The molecule has 0 rings (SSSR count). The molecule has 0 aromatic rings. The van der Waals surface area contributed by atoms with Gasteiger partial charge in [-0.2, -0.15) is 0 Å². The van der Waals surface area contributed by atoms with Crippen molar-refractivity contribution in [3.63, 3.8) is 0 Å². The second-order valence-electron chi connectivity index (χ2n) is 23.8. The Kier molecular flexibility index (Phi) is 66.6. The highest BCUT2D eigenvalue weighted by Gasteiger charge is 2.19. The van der Waals surface area contributed by atoms with E-state index in [-0.39, 0.29) is 31.1 Å². The maximum Gasteiger partial charge on any atom is 0.306 e. The second-order valence-corrected chi connectivity index (χ2v) is 23.8. The summed E-state index contributed by atoms with van der Waals surface area (Å²) in [7, 11) is 0. The monoisotopic (exact) mass is 1130 g/mol. The highest BCUT2D eigenvalue weighted by atomic mass is 16.6. The van der Waals surface area contributed by atoms with Gasteiger partial charge in [0.1, 0.15) is 13.2 Å². The van der Waals surface area contributed by atoms with Crippen molar-refractivity contribution in [1.29, 1.82) is 0 Å². The van der Waals surface area contributed by atoms with Crippen molar-refractivity contribution >= 4 is 17.9 Å². The minimum Gasteiger partial charge on any atom is -0.462 e. The van der Waals surface area contributed by atoms with Gasteiger partial charge in [-0.05, 0) is 89.9 Å². The van der Waals surface area contributed by atoms with Gasteiger partial charge < -0.3 is 14.2 Å². The number of carbonyl (C=O) groups is 3. The van der Waals surface area contributed by atoms with Crippen molar-refractivity contribution in [3.05, 3.63) is 72.9 Å². The molecule has 0 aromatic carbocycles. The molecule has 0 aromatic heterocycles. The third kappa shape index (κ3) is 67.5. The summed E-state index contributed by atoms with van der Waals surface area (Å²) >= 11 is 0. The Morgan fingerprint density at radius 1 is 0.259 bits per heavy atom. The second kappa shape index (κ2) is 69.3. The normalized spacial score (nSPS) is 12.5. The number of ether oxygens (including phenoxy) is 3. The van der Waals surface area contributed by atoms with Gasteiger partial charge in [0.15, 0.2) is 6.10 Å². The molecular formula is C75H134O6. The summed E-state index contributed by atoms with van der Waals surface area (Å²) < 4.78 is 17.0. The Bertz CT molecular complexity index is 1490. The Hall–Kier alpha value is -3.15. The average molecular weight is 1130 g/mol. The predicted octanol–water partition coefficient (Wildman–Crippen LogP) is 24.4. The molecule has 6 heteroatoms. The van der Waals surface area contributed by atoms with Gasteiger partial charge in [0.2, 0.25) is 0 Å². The number of rotatable bonds is 65. The van der Waals surface area contributed by atoms with Crippen LogP contribution in [0, 0.1) is 0 Å². The maximum atomic E-state index is 13.0. The zero-order valence-corrected chi connectivity index (χ0v) is 54.1. The molecule has 0 aliphatic rings. The quantitative estimate of drug-likeness (QED) is 0.0261. The topological polar surface area (TPSA) is 78.9 Å². The van der Waals surface area contributed by atoms with Crippen LogP contribution in [-0.4, -0.2) is 37.2 Å². The predicted molar refractivity (Wildman–Crippen MR) is 353 cm³/mol. The first-order chi connectivity index (χ1) is 40.0. The maximum absolute atomic E-state index is 13.0. The number of esters is 3. The molecule has 0 bridgehead atoms. The summed E-state index contributed by atoms with van der Waals surface area (Å²) in [5.74, 6) is -0.863. The zero-order chi connectivity index (χ0) is 58.5. The van der Waals surface area contributed by atoms with Crippen molar-refractivity contribution in [2.24, 2.45) is 0 Å². The van der Waals surface area contributed by atoms with Gasteiger partial charge in [-0.3, -0.25) is 14.4 Å². The Balaban J connectivity index is 4.30. The first kappa shape index (κ1) is 77.9. The van der Waals surface area contributed by atoms with Crippen molar-refractivity contribution in [3.8, 4) is 0 Å². The first-order valence-corrected chi connectivity index (χ1v) is 35.4. The SMILES string of the molecule is CC/C=C\C/C=C\C/C=C\C/C=C\C/C=C\CCCCCCCCCCCCCC(=O)OCC(COC(=O)CCCCCCC/C=C\CCCCCCCC)OC(=O)CCCCCCCCCCCCCCCCCCCCCCC. The fraction of sp³-hybridized carbons (Fsp3) is 0.800. The average Bonchev–Trinajstić information content (AvgIpc) is 3.47. The van der Waals surface area contributed by atoms with Crippen LogP contribution in [0.25, 0.3) is 0 Å². The van der Waals surface area contributed by atoms with E-state index in [1.54, 1.807) is 0 Å². The number of carbonyl (C=O) groups excluding carboxylic acids is 3. The minimum atomic E-state index is -0.779. The van der Waals surface area contributed by atoms with Gasteiger partial charge in [-0.25, -0.2) is 0 Å². The molecule has 0 fully saturated rings. The van der Waals surface area contributed by atoms with Gasteiger partial charge in [0.05, 0.1) is 0 Å². The molecule has 1 atom stereocenters. The molecule has 81 heavy (non-hydrogen) atoms. The molecule has 6 nitrogen and oxygen atoms in total. The van der Waals surface area contributed by atoms with E-state index in [9.17, 15) is 14.4 Å². The van der Waals surface area contributed by atoms with Crippen LogP contribution in [0.3, 0.4) is 0 Å². The van der Waals surface area contributed by atoms with Crippen LogP contribution in [0.2, 0.25) is 0 Å². The van der Waals surface area contributed by atoms with E-state index in [0.717, 1.165) is 96.3 Å². The zero-order valence-electron chi connectivity index (χ0n) is 54.1. The van der Waals surface area contributed by atoms with Gasteiger partial charge in [-0.1, -0.05) is 331 Å². The standard InChI is InChI=1S/C75H134O6/c1-4-7-10-13-16-19-22-25-28-30-32-34-35-36-37-38-39-41-42-44-47-50-53-56-59-62-65-68-74(77)80-71-72(70-79-73(76)67-64-61-58-55-52-49-46-27-24-21-18-15-12-9-6-3)81-75(78)69-66-63-60-57-54-51-48-45-43-40-33-31-29-26-23-20-17-14-11-8-5-2/h7,10,16,19,25,27-28,32,34,36-37,46,72H,4-6,8-9,11-15,17-18,20-24,26,29-31,33,35,38-45,47-71H2,1-3H3/b10-7-,19-16-,28-25-,34-32-,37-36-,46-27-. The summed E-state index contributed by atoms with van der Waals surface area (Å²) in [6.45, 7) is 6.57. The van der Waals surface area contributed by atoms with E-state index in [2.05, 4.69) is 93.7 Å². The van der Waals surface area contributed by atoms with Crippen molar-refractivity contribution in [2.45, 2.75) is 374 Å². The van der Waals surface area contributed by atoms with Gasteiger partial charge >= 0.3 is 17.9 Å². The highest BCUT2D eigenvalue weighted by Crippen LogP contribution is 2.18. The highest BCUT2D eigenvalue weighted by molar-refractivity contribution is 5.71. The number of unbranched alkanes of at least 4 members (excludes halogenated alkanes) is 42. The van der Waals surface area contributed by atoms with Crippen molar-refractivity contribution in [2.75, 3.05) is 13.2 Å². The van der Waals surface area contributed by atoms with Gasteiger partial charge in [-0.15, -0.1) is 0 Å². The molecular weight excluding hydrogens is 997 g/mol. The van der Waals surface area contributed by atoms with E-state index in [1.807, 2.05) is 0 Å². The number of hydrogen-bond donors (Lipinski definition) is 0. The summed E-state index contributed by atoms with van der Waals surface area (Å²) in [5, 5.41) is 0. The lowest BCUT2D eigenvalue weighted by molar-refractivity contribution is -0.167. The van der Waals surface area contributed by atoms with E-state index in [4.69, 9.17) is 14.2 Å². The van der Waals surface area contributed by atoms with Crippen LogP contribution >= 0.6 is 0 Å². The molecule has 470 valence electrons. The Morgan fingerprint density at radius 3 is 0.765 bits per heavy atom. The van der Waals surface area contributed by atoms with E-state index < -0.39 is 6.10 Å². The van der Waals surface area contributed by atoms with Crippen molar-refractivity contribution in [1.82, 2.24) is 0 Å². The molecule has 0 aliphatic carbocycles. The van der Waals surface area contributed by atoms with Gasteiger partial charge in [0.25, 0.3) is 0 Å². The van der Waals surface area contributed by atoms with Crippen LogP contribution in [0.4, 0.5) is 0 Å². The summed E-state index contributed by atoms with van der Waals surface area (Å²) in [4.78, 5) is 38.5. The molecule has 0 N–H and O–H groups in total. The Morgan fingerprint density at radius 2 is 0.481 bits per heavy atom. The number of allylic oxidation sites excluding steroid dienone is 12. The van der Waals surface area contributed by atoms with Crippen LogP contribution < -0.4 is 0 Å². The summed E-state index contributed by atoms with van der Waals surface area (Å²) in [6.07, 6.45) is 90.7. The fourth-order valence-corrected chi connectivity index (χ4v) is 10.4. The molecule has 0 saturated carbocycles. The first-order valence-electron chi connectivity index (χ1n) is 35.4. The molecule has 0 heterocycles. The minimum absolute atomic E-state index is 0.0754. The van der Waals surface area contributed by atoms with Crippen LogP contribution in [0.1, 0.15) is 367 Å². The van der Waals surface area contributed by atoms with Crippen LogP contribution in [0.15, 0.2) is 72.9 Å². The van der Waals surface area contributed by atoms with Crippen LogP contribution in [-0.2, 0) is 28.6 Å². The molecule has 0 amide bonds. The van der Waals surface area contributed by atoms with Crippen molar-refractivity contribution < 1.29 is 28.6 Å². The molecule has 0 aliphatic heterocycles. The third-order valence-corrected chi connectivity index (χ3v) is 15.7. The van der Waals surface area contributed by atoms with E-state index in [1.165, 1.54) is 231 Å². The lowest BCUT2D eigenvalue weighted by Gasteiger charge is -2.18. The molecule has 0 spiro atoms. The van der Waals surface area contributed by atoms with E-state index in [0.29, 0.717) is 19.3 Å². The molecule has 0 saturated heterocycles. The summed E-state index contributed by atoms with van der Waals surface area (Å²) in [6, 6.07) is 0. The molecule has 1 unspecified atom stereocenters. The smallest absolute Gasteiger partial charge is 0.306 e. The molecule has 0 radical (unpaired) electrons. The van der Waals surface area contributed by atoms with Crippen LogP contribution in [0.5, 0.6) is 0 Å². The summed E-state index contributed by atoms with van der Waals surface area (Å²) in [5.41, 5.74) is 0. The largest absolute Gasteiger partial charge is 0.462 e. The van der Waals surface area contributed by atoms with Gasteiger partial charge in [0, 0.05) is 19.3 Å². The third-order valence-electron chi connectivity index (χ3n) is 15.7. The lowest BCUT2D eigenvalue weighted by Crippen LogP contribution is -2.30. The van der Waals surface area contributed by atoms with E-state index >= 15 is 0 Å². The lowest BCUT2D eigenvalue weighted by atomic mass is 10.0. The fourth-order valence-electron chi connectivity index (χ4n) is 10.4.